The Morgan fingerprint density at radius 3 is 2.07 bits per heavy atom. The van der Waals surface area contributed by atoms with Gasteiger partial charge in [-0.2, -0.15) is 0 Å². The molecule has 164 valence electrons. The molecule has 3 fully saturated rings. The highest BCUT2D eigenvalue weighted by Crippen LogP contribution is 2.36. The van der Waals surface area contributed by atoms with Crippen LogP contribution < -0.4 is 5.32 Å². The van der Waals surface area contributed by atoms with Gasteiger partial charge in [0.1, 0.15) is 18.6 Å². The van der Waals surface area contributed by atoms with Gasteiger partial charge in [-0.05, 0) is 56.3 Å². The molecule has 0 aromatic carbocycles. The smallest absolute Gasteiger partial charge is 0.274 e. The highest BCUT2D eigenvalue weighted by Gasteiger charge is 2.49. The van der Waals surface area contributed by atoms with Crippen LogP contribution in [0.2, 0.25) is 0 Å². The molecule has 0 saturated heterocycles. The van der Waals surface area contributed by atoms with Crippen molar-refractivity contribution in [3.05, 3.63) is 0 Å². The summed E-state index contributed by atoms with van der Waals surface area (Å²) in [7, 11) is 0. The molecule has 3 heteroatoms. The fourth-order valence-electron chi connectivity index (χ4n) is 7.67. The lowest BCUT2D eigenvalue weighted by Crippen LogP contribution is -2.48. The third kappa shape index (κ3) is 4.49. The monoisotopic (exact) mass is 400 g/mol. The van der Waals surface area contributed by atoms with E-state index in [1.54, 1.807) is 5.96 Å². The van der Waals surface area contributed by atoms with Gasteiger partial charge in [-0.25, -0.2) is 0 Å². The molecule has 0 radical (unpaired) electrons. The molecule has 0 spiro atoms. The Hall–Kier alpha value is -0.730. The second-order valence-corrected chi connectivity index (χ2v) is 11.1. The van der Waals surface area contributed by atoms with Crippen LogP contribution in [0, 0.1) is 17.8 Å². The van der Waals surface area contributed by atoms with Gasteiger partial charge in [0.2, 0.25) is 0 Å². The third-order valence-electron chi connectivity index (χ3n) is 9.32. The van der Waals surface area contributed by atoms with E-state index < -0.39 is 0 Å². The van der Waals surface area contributed by atoms with Gasteiger partial charge < -0.3 is 0 Å². The SMILES string of the molecule is C1CCC(CCCN2C3=[N+](C[C@@H]2C2CCCCC2)[C@@H](C2CCCCC2)CN3)CC1. The van der Waals surface area contributed by atoms with Crippen LogP contribution in [0.4, 0.5) is 0 Å². The molecule has 2 atom stereocenters. The number of hydrogen-bond acceptors (Lipinski definition) is 2. The number of hydrogen-bond donors (Lipinski definition) is 1. The van der Waals surface area contributed by atoms with Crippen LogP contribution in [-0.2, 0) is 0 Å². The molecule has 0 aromatic heterocycles. The Morgan fingerprint density at radius 1 is 0.759 bits per heavy atom. The van der Waals surface area contributed by atoms with E-state index in [2.05, 4.69) is 14.8 Å². The van der Waals surface area contributed by atoms with Gasteiger partial charge in [0.25, 0.3) is 0 Å². The fraction of sp³-hybridized carbons (Fsp3) is 0.962. The van der Waals surface area contributed by atoms with E-state index in [4.69, 9.17) is 0 Å². The molecular weight excluding hydrogens is 354 g/mol. The first kappa shape index (κ1) is 20.2. The number of nitrogens with one attached hydrogen (secondary N) is 1. The van der Waals surface area contributed by atoms with Crippen molar-refractivity contribution < 1.29 is 4.58 Å². The molecule has 3 aliphatic carbocycles. The van der Waals surface area contributed by atoms with Crippen LogP contribution in [0.5, 0.6) is 0 Å². The summed E-state index contributed by atoms with van der Waals surface area (Å²) in [5.74, 6) is 4.49. The van der Waals surface area contributed by atoms with E-state index in [1.807, 2.05) is 0 Å². The van der Waals surface area contributed by atoms with E-state index in [-0.39, 0.29) is 0 Å². The van der Waals surface area contributed by atoms with Crippen molar-refractivity contribution in [2.24, 2.45) is 17.8 Å². The van der Waals surface area contributed by atoms with Crippen molar-refractivity contribution in [3.63, 3.8) is 0 Å². The molecule has 3 nitrogen and oxygen atoms in total. The first-order valence-corrected chi connectivity index (χ1v) is 13.5. The van der Waals surface area contributed by atoms with Crippen LogP contribution in [0.3, 0.4) is 0 Å². The van der Waals surface area contributed by atoms with Gasteiger partial charge in [0.05, 0.1) is 13.1 Å². The van der Waals surface area contributed by atoms with E-state index >= 15 is 0 Å². The molecule has 0 aromatic rings. The molecule has 1 N–H and O–H groups in total. The predicted molar refractivity (Wildman–Crippen MR) is 121 cm³/mol. The van der Waals surface area contributed by atoms with Gasteiger partial charge in [-0.1, -0.05) is 70.6 Å². The minimum Gasteiger partial charge on any atom is -0.274 e. The van der Waals surface area contributed by atoms with Crippen LogP contribution in [-0.4, -0.2) is 47.2 Å². The van der Waals surface area contributed by atoms with Gasteiger partial charge in [-0.15, -0.1) is 0 Å². The quantitative estimate of drug-likeness (QED) is 0.591. The summed E-state index contributed by atoms with van der Waals surface area (Å²) in [4.78, 5) is 2.89. The summed E-state index contributed by atoms with van der Waals surface area (Å²) in [6, 6.07) is 1.59. The minimum absolute atomic E-state index is 0.791. The third-order valence-corrected chi connectivity index (χ3v) is 9.32. The maximum atomic E-state index is 3.94. The molecule has 29 heavy (non-hydrogen) atoms. The van der Waals surface area contributed by atoms with Crippen molar-refractivity contribution in [1.29, 1.82) is 0 Å². The van der Waals surface area contributed by atoms with Crippen molar-refractivity contribution >= 4 is 5.96 Å². The Kier molecular flexibility index (Phi) is 6.68. The Labute approximate surface area is 179 Å². The first-order valence-electron chi connectivity index (χ1n) is 13.5. The van der Waals surface area contributed by atoms with Gasteiger partial charge in [0.15, 0.2) is 0 Å². The van der Waals surface area contributed by atoms with Gasteiger partial charge >= 0.3 is 5.96 Å². The Bertz CT molecular complexity index is 552. The summed E-state index contributed by atoms with van der Waals surface area (Å²) in [6.07, 6.45) is 25.2. The maximum absolute atomic E-state index is 3.94. The Balaban J connectivity index is 1.26. The molecule has 2 aliphatic heterocycles. The second kappa shape index (κ2) is 9.60. The van der Waals surface area contributed by atoms with E-state index in [0.717, 1.165) is 29.8 Å². The molecule has 5 aliphatic rings. The lowest BCUT2D eigenvalue weighted by Gasteiger charge is -2.33. The van der Waals surface area contributed by atoms with Crippen LogP contribution in [0.15, 0.2) is 0 Å². The zero-order valence-corrected chi connectivity index (χ0v) is 18.9. The maximum Gasteiger partial charge on any atom is 0.349 e. The minimum atomic E-state index is 0.791. The number of nitrogens with zero attached hydrogens (tertiary/aromatic N) is 2. The first-order chi connectivity index (χ1) is 14.4. The largest absolute Gasteiger partial charge is 0.349 e. The zero-order chi connectivity index (χ0) is 19.5. The number of guanidine groups is 1. The van der Waals surface area contributed by atoms with Crippen molar-refractivity contribution in [2.45, 2.75) is 121 Å². The lowest BCUT2D eigenvalue weighted by atomic mass is 9.82. The van der Waals surface area contributed by atoms with Crippen LogP contribution >= 0.6 is 0 Å². The van der Waals surface area contributed by atoms with Crippen molar-refractivity contribution in [1.82, 2.24) is 10.2 Å². The van der Waals surface area contributed by atoms with Gasteiger partial charge in [-0.3, -0.25) is 14.8 Å². The zero-order valence-electron chi connectivity index (χ0n) is 18.9. The molecule has 3 saturated carbocycles. The summed E-state index contributed by atoms with van der Waals surface area (Å²) in [5.41, 5.74) is 0. The summed E-state index contributed by atoms with van der Waals surface area (Å²) in [6.45, 7) is 3.86. The fourth-order valence-corrected chi connectivity index (χ4v) is 7.67. The molecule has 0 unspecified atom stereocenters. The molecule has 0 bridgehead atoms. The summed E-state index contributed by atoms with van der Waals surface area (Å²) in [5, 5.41) is 3.94. The highest BCUT2D eigenvalue weighted by molar-refractivity contribution is 5.78. The highest BCUT2D eigenvalue weighted by atomic mass is 15.4. The topological polar surface area (TPSA) is 18.3 Å². The Morgan fingerprint density at radius 2 is 1.38 bits per heavy atom. The average molecular weight is 401 g/mol. The molecule has 5 rings (SSSR count). The summed E-state index contributed by atoms with van der Waals surface area (Å²) >= 11 is 0. The molecule has 2 heterocycles. The van der Waals surface area contributed by atoms with Crippen molar-refractivity contribution in [3.8, 4) is 0 Å². The standard InChI is InChI=1S/C26H45N3/c1-4-11-21(12-5-1)13-10-18-28-25(23-16-8-3-9-17-23)20-29-24(19-27-26(28)29)22-14-6-2-7-15-22/h21-25H,1-20H2/p+1/t24-,25-/m1/s1. The van der Waals surface area contributed by atoms with Crippen LogP contribution in [0.1, 0.15) is 109 Å². The van der Waals surface area contributed by atoms with Gasteiger partial charge in [0, 0.05) is 0 Å². The summed E-state index contributed by atoms with van der Waals surface area (Å²) < 4.78 is 2.87. The lowest BCUT2D eigenvalue weighted by molar-refractivity contribution is -0.560. The van der Waals surface area contributed by atoms with E-state index in [0.29, 0.717) is 0 Å². The number of rotatable bonds is 6. The van der Waals surface area contributed by atoms with E-state index in [1.165, 1.54) is 129 Å². The van der Waals surface area contributed by atoms with Crippen molar-refractivity contribution in [2.75, 3.05) is 19.6 Å². The average Bonchev–Trinajstić information content (AvgIpc) is 3.36. The second-order valence-electron chi connectivity index (χ2n) is 11.1. The molecule has 0 amide bonds. The van der Waals surface area contributed by atoms with E-state index in [9.17, 15) is 0 Å². The molecular formula is C26H46N3+. The van der Waals surface area contributed by atoms with Crippen LogP contribution in [0.25, 0.3) is 0 Å². The predicted octanol–water partition coefficient (Wildman–Crippen LogP) is 5.53. The normalized spacial score (nSPS) is 32.6.